The Hall–Kier alpha value is -1.38. The first-order valence-electron chi connectivity index (χ1n) is 6.86. The number of carbonyl (C=O) groups is 1. The van der Waals surface area contributed by atoms with E-state index in [9.17, 15) is 13.2 Å². The molecule has 0 N–H and O–H groups in total. The predicted octanol–water partition coefficient (Wildman–Crippen LogP) is 1.51. The van der Waals surface area contributed by atoms with E-state index < -0.39 is 21.4 Å². The highest BCUT2D eigenvalue weighted by atomic mass is 32.2. The van der Waals surface area contributed by atoms with Crippen LogP contribution in [-0.2, 0) is 14.6 Å². The van der Waals surface area contributed by atoms with Gasteiger partial charge in [0.1, 0.15) is 16.6 Å². The minimum atomic E-state index is -3.59. The van der Waals surface area contributed by atoms with Gasteiger partial charge in [0.15, 0.2) is 15.6 Å². The maximum absolute atomic E-state index is 12.2. The molecule has 1 aromatic rings. The number of ketones is 1. The molecule has 23 heavy (non-hydrogen) atoms. The fraction of sp³-hybridized carbons (Fsp3) is 0.400. The highest BCUT2D eigenvalue weighted by Crippen LogP contribution is 2.07. The van der Waals surface area contributed by atoms with Gasteiger partial charge in [-0.25, -0.2) is 8.42 Å². The lowest BCUT2D eigenvalue weighted by atomic mass is 10.2. The average Bonchev–Trinajstić information content (AvgIpc) is 2.45. The van der Waals surface area contributed by atoms with E-state index in [1.54, 1.807) is 25.9 Å². The van der Waals surface area contributed by atoms with Crippen LogP contribution in [0, 0.1) is 0 Å². The predicted molar refractivity (Wildman–Crippen MR) is 100 cm³/mol. The van der Waals surface area contributed by atoms with E-state index in [1.807, 2.05) is 30.3 Å². The van der Waals surface area contributed by atoms with Crippen molar-refractivity contribution in [2.45, 2.75) is 6.92 Å². The molecule has 0 aromatic heterocycles. The van der Waals surface area contributed by atoms with Gasteiger partial charge in [0.05, 0.1) is 11.5 Å². The fourth-order valence-electron chi connectivity index (χ4n) is 1.87. The van der Waals surface area contributed by atoms with E-state index in [2.05, 4.69) is 0 Å². The molecular formula is C15H20N2O3S3. The highest BCUT2D eigenvalue weighted by Gasteiger charge is 2.21. The van der Waals surface area contributed by atoms with E-state index in [-0.39, 0.29) is 12.4 Å². The highest BCUT2D eigenvalue weighted by molar-refractivity contribution is 7.92. The summed E-state index contributed by atoms with van der Waals surface area (Å²) in [6.07, 6.45) is 0. The number of benzene rings is 1. The maximum atomic E-state index is 12.2. The van der Waals surface area contributed by atoms with Crippen molar-refractivity contribution in [2.75, 3.05) is 32.3 Å². The molecule has 0 saturated heterocycles. The lowest BCUT2D eigenvalue weighted by Gasteiger charge is -2.20. The van der Waals surface area contributed by atoms with Crippen LogP contribution in [0.25, 0.3) is 0 Å². The van der Waals surface area contributed by atoms with Crippen molar-refractivity contribution in [3.05, 3.63) is 35.9 Å². The van der Waals surface area contributed by atoms with Crippen LogP contribution in [0.2, 0.25) is 0 Å². The molecule has 0 heterocycles. The Bertz CT molecular complexity index is 687. The molecule has 1 rings (SSSR count). The lowest BCUT2D eigenvalue weighted by Crippen LogP contribution is -2.37. The number of rotatable bonds is 7. The smallest absolute Gasteiger partial charge is 0.175 e. The van der Waals surface area contributed by atoms with Gasteiger partial charge in [-0.05, 0) is 6.92 Å². The quantitative estimate of drug-likeness (QED) is 0.673. The molecule has 0 radical (unpaired) electrons. The third-order valence-corrected chi connectivity index (χ3v) is 5.49. The van der Waals surface area contributed by atoms with Crippen LogP contribution in [0.3, 0.4) is 0 Å². The van der Waals surface area contributed by atoms with Crippen LogP contribution in [0.15, 0.2) is 30.3 Å². The molecule has 0 amide bonds. The van der Waals surface area contributed by atoms with E-state index in [4.69, 9.17) is 24.4 Å². The first-order chi connectivity index (χ1) is 10.6. The maximum Gasteiger partial charge on any atom is 0.175 e. The van der Waals surface area contributed by atoms with E-state index in [0.717, 1.165) is 5.56 Å². The van der Waals surface area contributed by atoms with Gasteiger partial charge < -0.3 is 9.80 Å². The Kier molecular flexibility index (Phi) is 7.24. The average molecular weight is 373 g/mol. The summed E-state index contributed by atoms with van der Waals surface area (Å²) >= 11 is 10.2. The Labute approximate surface area is 148 Å². The first kappa shape index (κ1) is 19.7. The van der Waals surface area contributed by atoms with Crippen molar-refractivity contribution in [1.82, 2.24) is 9.80 Å². The van der Waals surface area contributed by atoms with Crippen molar-refractivity contribution < 1.29 is 13.2 Å². The largest absolute Gasteiger partial charge is 0.362 e. The summed E-state index contributed by atoms with van der Waals surface area (Å²) in [6, 6.07) is 9.14. The van der Waals surface area contributed by atoms with Gasteiger partial charge in [0, 0.05) is 19.7 Å². The van der Waals surface area contributed by atoms with Crippen molar-refractivity contribution in [3.8, 4) is 0 Å². The van der Waals surface area contributed by atoms with Gasteiger partial charge in [-0.1, -0.05) is 54.8 Å². The number of Topliss-reactive ketones (excluding diaryl/α,β-unsaturated/α-hetero) is 1. The summed E-state index contributed by atoms with van der Waals surface area (Å²) in [4.78, 5) is 15.8. The van der Waals surface area contributed by atoms with Crippen LogP contribution in [-0.4, -0.2) is 66.2 Å². The molecule has 0 bridgehead atoms. The van der Waals surface area contributed by atoms with E-state index in [1.165, 1.54) is 4.90 Å². The van der Waals surface area contributed by atoms with Crippen molar-refractivity contribution >= 4 is 50.0 Å². The number of hydrogen-bond acceptors (Lipinski definition) is 5. The van der Waals surface area contributed by atoms with Crippen molar-refractivity contribution in [3.63, 3.8) is 0 Å². The molecule has 5 nitrogen and oxygen atoms in total. The monoisotopic (exact) mass is 372 g/mol. The summed E-state index contributed by atoms with van der Waals surface area (Å²) in [6.45, 7) is 1.67. The topological polar surface area (TPSA) is 57.7 Å². The number of likely N-dealkylation sites (N-methyl/N-ethyl adjacent to an activating group) is 1. The Balaban J connectivity index is 2.66. The molecular weight excluding hydrogens is 352 g/mol. The lowest BCUT2D eigenvalue weighted by molar-refractivity contribution is -0.116. The summed E-state index contributed by atoms with van der Waals surface area (Å²) in [5.74, 6) is -1.22. The van der Waals surface area contributed by atoms with Gasteiger partial charge >= 0.3 is 0 Å². The number of hydrogen-bond donors (Lipinski definition) is 0. The second-order valence-corrected chi connectivity index (χ2v) is 8.31. The van der Waals surface area contributed by atoms with Crippen molar-refractivity contribution in [2.24, 2.45) is 0 Å². The number of sulfone groups is 1. The Morgan fingerprint density at radius 2 is 1.65 bits per heavy atom. The minimum absolute atomic E-state index is 0.0125. The molecule has 0 fully saturated rings. The molecule has 1 aromatic carbocycles. The van der Waals surface area contributed by atoms with Crippen LogP contribution < -0.4 is 0 Å². The van der Waals surface area contributed by atoms with Crippen molar-refractivity contribution in [1.29, 1.82) is 0 Å². The van der Waals surface area contributed by atoms with Gasteiger partial charge in [-0.3, -0.25) is 4.79 Å². The molecule has 0 aliphatic rings. The standard InChI is InChI=1S/C15H20N2O3S3/c1-12(21)16(2)9-14(18)10-23(19,20)11-17(3)15(22)13-7-5-4-6-8-13/h4-8H,9-11H2,1-3H3. The fourth-order valence-corrected chi connectivity index (χ4v) is 3.61. The third-order valence-electron chi connectivity index (χ3n) is 3.09. The van der Waals surface area contributed by atoms with Crippen LogP contribution in [0.5, 0.6) is 0 Å². The van der Waals surface area contributed by atoms with E-state index in [0.29, 0.717) is 9.98 Å². The van der Waals surface area contributed by atoms with Gasteiger partial charge in [-0.15, -0.1) is 0 Å². The van der Waals surface area contributed by atoms with Gasteiger partial charge in [0.25, 0.3) is 0 Å². The Morgan fingerprint density at radius 1 is 1.09 bits per heavy atom. The molecule has 126 valence electrons. The molecule has 8 heteroatoms. The summed E-state index contributed by atoms with van der Waals surface area (Å²) in [5, 5.41) is 0. The molecule has 0 unspecified atom stereocenters. The molecule has 0 spiro atoms. The second kappa shape index (κ2) is 8.47. The molecule has 0 aliphatic heterocycles. The summed E-state index contributed by atoms with van der Waals surface area (Å²) in [7, 11) is -0.327. The molecule has 0 atom stereocenters. The molecule has 0 aliphatic carbocycles. The van der Waals surface area contributed by atoms with Crippen LogP contribution in [0.4, 0.5) is 0 Å². The third kappa shape index (κ3) is 6.72. The first-order valence-corrected chi connectivity index (χ1v) is 9.50. The SMILES string of the molecule is CC(=S)N(C)CC(=O)CS(=O)(=O)CN(C)C(=S)c1ccccc1. The van der Waals surface area contributed by atoms with Gasteiger partial charge in [-0.2, -0.15) is 0 Å². The zero-order valence-corrected chi connectivity index (χ0v) is 15.8. The number of carbonyl (C=O) groups excluding carboxylic acids is 1. The summed E-state index contributed by atoms with van der Waals surface area (Å²) < 4.78 is 24.3. The normalized spacial score (nSPS) is 10.9. The zero-order chi connectivity index (χ0) is 17.6. The minimum Gasteiger partial charge on any atom is -0.362 e. The second-order valence-electron chi connectivity index (χ2n) is 5.30. The molecule has 0 saturated carbocycles. The zero-order valence-electron chi connectivity index (χ0n) is 13.4. The number of thiocarbonyl (C=S) groups is 2. The van der Waals surface area contributed by atoms with E-state index >= 15 is 0 Å². The number of nitrogens with zero attached hydrogens (tertiary/aromatic N) is 2. The van der Waals surface area contributed by atoms with Gasteiger partial charge in [0.2, 0.25) is 0 Å². The van der Waals surface area contributed by atoms with Crippen LogP contribution in [0.1, 0.15) is 12.5 Å². The van der Waals surface area contributed by atoms with Crippen LogP contribution >= 0.6 is 24.4 Å². The Morgan fingerprint density at radius 3 is 2.17 bits per heavy atom. The summed E-state index contributed by atoms with van der Waals surface area (Å²) in [5.41, 5.74) is 0.766.